The molecule has 0 aliphatic carbocycles. The molecule has 0 N–H and O–H groups in total. The molecule has 2 heterocycles. The molecule has 0 amide bonds. The molecule has 0 bridgehead atoms. The van der Waals surface area contributed by atoms with E-state index < -0.39 is 0 Å². The maximum atomic E-state index is 10.5. The maximum Gasteiger partial charge on any atom is 0.196 e. The highest BCUT2D eigenvalue weighted by Crippen LogP contribution is 2.37. The fourth-order valence-corrected chi connectivity index (χ4v) is 2.53. The van der Waals surface area contributed by atoms with Gasteiger partial charge in [-0.1, -0.05) is 6.92 Å². The zero-order valence-electron chi connectivity index (χ0n) is 9.49. The summed E-state index contributed by atoms with van der Waals surface area (Å²) in [6.45, 7) is 7.66. The molecule has 3 nitrogen and oxygen atoms in total. The molecule has 15 heavy (non-hydrogen) atoms. The summed E-state index contributed by atoms with van der Waals surface area (Å²) >= 11 is 0. The van der Waals surface area contributed by atoms with Crippen molar-refractivity contribution >= 4 is 12.2 Å². The molecule has 2 rings (SSSR count). The number of hydrogen-bond acceptors (Lipinski definition) is 3. The molecule has 0 radical (unpaired) electrons. The smallest absolute Gasteiger partial charge is 0.196 e. The molecule has 1 aliphatic rings. The molecule has 82 valence electrons. The first-order chi connectivity index (χ1) is 7.03. The lowest BCUT2D eigenvalue weighted by molar-refractivity contribution is 0.110. The van der Waals surface area contributed by atoms with Gasteiger partial charge in [0.05, 0.1) is 0 Å². The van der Waals surface area contributed by atoms with Gasteiger partial charge >= 0.3 is 0 Å². The van der Waals surface area contributed by atoms with Crippen LogP contribution in [0.1, 0.15) is 37.7 Å². The van der Waals surface area contributed by atoms with Gasteiger partial charge in [-0.3, -0.25) is 4.79 Å². The second kappa shape index (κ2) is 3.40. The molecule has 1 aromatic heterocycles. The Morgan fingerprint density at radius 1 is 1.53 bits per heavy atom. The van der Waals surface area contributed by atoms with Crippen molar-refractivity contribution in [3.05, 3.63) is 17.9 Å². The number of anilines is 1. The SMILES string of the molecule is CC1CN(c2ccc(C=O)o2)C(C)(C)C1. The normalized spacial score (nSPS) is 24.5. The van der Waals surface area contributed by atoms with Crippen LogP contribution in [0, 0.1) is 5.92 Å². The van der Waals surface area contributed by atoms with Gasteiger partial charge in [-0.25, -0.2) is 0 Å². The quantitative estimate of drug-likeness (QED) is 0.699. The molecule has 1 fully saturated rings. The van der Waals surface area contributed by atoms with Gasteiger partial charge in [-0.15, -0.1) is 0 Å². The minimum Gasteiger partial charge on any atom is -0.438 e. The van der Waals surface area contributed by atoms with Crippen molar-refractivity contribution in [2.75, 3.05) is 11.4 Å². The summed E-state index contributed by atoms with van der Waals surface area (Å²) in [4.78, 5) is 12.8. The predicted octanol–water partition coefficient (Wildman–Crippen LogP) is 2.72. The van der Waals surface area contributed by atoms with Crippen molar-refractivity contribution in [3.8, 4) is 0 Å². The molecule has 0 spiro atoms. The van der Waals surface area contributed by atoms with Crippen LogP contribution in [0.5, 0.6) is 0 Å². The van der Waals surface area contributed by atoms with Gasteiger partial charge in [-0.2, -0.15) is 0 Å². The first-order valence-corrected chi connectivity index (χ1v) is 5.35. The molecule has 1 unspecified atom stereocenters. The van der Waals surface area contributed by atoms with E-state index in [1.165, 1.54) is 0 Å². The van der Waals surface area contributed by atoms with Gasteiger partial charge in [0.1, 0.15) is 0 Å². The van der Waals surface area contributed by atoms with Crippen LogP contribution in [0.4, 0.5) is 5.88 Å². The van der Waals surface area contributed by atoms with Gasteiger partial charge in [-0.05, 0) is 32.3 Å². The van der Waals surface area contributed by atoms with Gasteiger partial charge in [0.15, 0.2) is 17.9 Å². The number of carbonyl (C=O) groups excluding carboxylic acids is 1. The summed E-state index contributed by atoms with van der Waals surface area (Å²) in [5.74, 6) is 1.89. The second-order valence-corrected chi connectivity index (χ2v) is 5.03. The Hall–Kier alpha value is -1.25. The average Bonchev–Trinajstić information content (AvgIpc) is 2.69. The topological polar surface area (TPSA) is 33.5 Å². The summed E-state index contributed by atoms with van der Waals surface area (Å²) in [7, 11) is 0. The van der Waals surface area contributed by atoms with Gasteiger partial charge in [0.2, 0.25) is 0 Å². The highest BCUT2D eigenvalue weighted by atomic mass is 16.4. The lowest BCUT2D eigenvalue weighted by atomic mass is 9.98. The van der Waals surface area contributed by atoms with Gasteiger partial charge in [0.25, 0.3) is 0 Å². The fourth-order valence-electron chi connectivity index (χ4n) is 2.53. The molecule has 1 aromatic rings. The molecule has 0 saturated carbocycles. The molecular weight excluding hydrogens is 190 g/mol. The van der Waals surface area contributed by atoms with Crippen LogP contribution in [0.3, 0.4) is 0 Å². The lowest BCUT2D eigenvalue weighted by Gasteiger charge is -2.31. The van der Waals surface area contributed by atoms with Crippen molar-refractivity contribution in [2.45, 2.75) is 32.7 Å². The number of aldehydes is 1. The number of nitrogens with zero attached hydrogens (tertiary/aromatic N) is 1. The molecule has 1 atom stereocenters. The third kappa shape index (κ3) is 1.78. The van der Waals surface area contributed by atoms with E-state index >= 15 is 0 Å². The van der Waals surface area contributed by atoms with Gasteiger partial charge in [0, 0.05) is 18.2 Å². The summed E-state index contributed by atoms with van der Waals surface area (Å²) in [6, 6.07) is 3.60. The van der Waals surface area contributed by atoms with E-state index in [-0.39, 0.29) is 5.54 Å². The van der Waals surface area contributed by atoms with Crippen LogP contribution in [-0.2, 0) is 0 Å². The second-order valence-electron chi connectivity index (χ2n) is 5.03. The van der Waals surface area contributed by atoms with Crippen LogP contribution < -0.4 is 4.90 Å². The van der Waals surface area contributed by atoms with E-state index in [1.54, 1.807) is 6.07 Å². The summed E-state index contributed by atoms with van der Waals surface area (Å²) < 4.78 is 5.46. The summed E-state index contributed by atoms with van der Waals surface area (Å²) in [6.07, 6.45) is 1.90. The molecule has 0 aromatic carbocycles. The number of rotatable bonds is 2. The fraction of sp³-hybridized carbons (Fsp3) is 0.583. The number of furan rings is 1. The minimum absolute atomic E-state index is 0.122. The van der Waals surface area contributed by atoms with Gasteiger partial charge < -0.3 is 9.32 Å². The third-order valence-electron chi connectivity index (χ3n) is 3.07. The monoisotopic (exact) mass is 207 g/mol. The predicted molar refractivity (Wildman–Crippen MR) is 59.3 cm³/mol. The van der Waals surface area contributed by atoms with Crippen LogP contribution in [0.2, 0.25) is 0 Å². The highest BCUT2D eigenvalue weighted by Gasteiger charge is 2.37. The number of carbonyl (C=O) groups is 1. The Bertz CT molecular complexity index is 367. The minimum atomic E-state index is 0.122. The van der Waals surface area contributed by atoms with Crippen molar-refractivity contribution < 1.29 is 9.21 Å². The zero-order chi connectivity index (χ0) is 11.1. The number of hydrogen-bond donors (Lipinski definition) is 0. The van der Waals surface area contributed by atoms with E-state index in [2.05, 4.69) is 25.7 Å². The van der Waals surface area contributed by atoms with E-state index in [9.17, 15) is 4.79 Å². The molecule has 1 aliphatic heterocycles. The molecule has 3 heteroatoms. The van der Waals surface area contributed by atoms with Crippen molar-refractivity contribution in [3.63, 3.8) is 0 Å². The molecule has 1 saturated heterocycles. The Morgan fingerprint density at radius 3 is 2.73 bits per heavy atom. The van der Waals surface area contributed by atoms with E-state index in [1.807, 2.05) is 6.07 Å². The van der Waals surface area contributed by atoms with Crippen LogP contribution in [-0.4, -0.2) is 18.4 Å². The first-order valence-electron chi connectivity index (χ1n) is 5.35. The van der Waals surface area contributed by atoms with Crippen LogP contribution in [0.15, 0.2) is 16.5 Å². The van der Waals surface area contributed by atoms with Crippen molar-refractivity contribution in [2.24, 2.45) is 5.92 Å². The van der Waals surface area contributed by atoms with E-state index in [0.29, 0.717) is 11.7 Å². The summed E-state index contributed by atoms with van der Waals surface area (Å²) in [5, 5.41) is 0. The Balaban J connectivity index is 2.27. The maximum absolute atomic E-state index is 10.5. The third-order valence-corrected chi connectivity index (χ3v) is 3.07. The Labute approximate surface area is 90.1 Å². The summed E-state index contributed by atoms with van der Waals surface area (Å²) in [5.41, 5.74) is 0.122. The zero-order valence-corrected chi connectivity index (χ0v) is 9.49. The lowest BCUT2D eigenvalue weighted by Crippen LogP contribution is -2.37. The Kier molecular flexibility index (Phi) is 2.33. The molecular formula is C12H17NO2. The van der Waals surface area contributed by atoms with Crippen molar-refractivity contribution in [1.82, 2.24) is 0 Å². The largest absolute Gasteiger partial charge is 0.438 e. The van der Waals surface area contributed by atoms with Crippen LogP contribution >= 0.6 is 0 Å². The highest BCUT2D eigenvalue weighted by molar-refractivity contribution is 5.71. The van der Waals surface area contributed by atoms with Crippen molar-refractivity contribution in [1.29, 1.82) is 0 Å². The Morgan fingerprint density at radius 2 is 2.27 bits per heavy atom. The van der Waals surface area contributed by atoms with E-state index in [4.69, 9.17) is 4.42 Å². The standard InChI is InChI=1S/C12H17NO2/c1-9-6-12(2,3)13(7-9)11-5-4-10(8-14)15-11/h4-5,8-9H,6-7H2,1-3H3. The van der Waals surface area contributed by atoms with E-state index in [0.717, 1.165) is 25.1 Å². The van der Waals surface area contributed by atoms with Crippen LogP contribution in [0.25, 0.3) is 0 Å². The first kappa shape index (κ1) is 10.3. The average molecular weight is 207 g/mol.